The minimum absolute atomic E-state index is 0.127. The SMILES string of the molecule is CCCNc1ncccc1C(=O)NCCOCCN(C)C. The normalized spacial score (nSPS) is 10.7. The topological polar surface area (TPSA) is 66.5 Å². The van der Waals surface area contributed by atoms with Crippen molar-refractivity contribution in [3.8, 4) is 0 Å². The van der Waals surface area contributed by atoms with Crippen molar-refractivity contribution >= 4 is 11.7 Å². The van der Waals surface area contributed by atoms with E-state index in [2.05, 4.69) is 27.4 Å². The average molecular weight is 294 g/mol. The number of anilines is 1. The first kappa shape index (κ1) is 17.4. The molecule has 2 N–H and O–H groups in total. The molecule has 6 heteroatoms. The number of amides is 1. The molecule has 0 aliphatic rings. The van der Waals surface area contributed by atoms with Gasteiger partial charge in [0.2, 0.25) is 0 Å². The van der Waals surface area contributed by atoms with Crippen LogP contribution in [0.2, 0.25) is 0 Å². The molecular weight excluding hydrogens is 268 g/mol. The van der Waals surface area contributed by atoms with E-state index in [-0.39, 0.29) is 5.91 Å². The smallest absolute Gasteiger partial charge is 0.255 e. The van der Waals surface area contributed by atoms with Crippen LogP contribution in [0.4, 0.5) is 5.82 Å². The third-order valence-corrected chi connectivity index (χ3v) is 2.81. The molecule has 0 aromatic carbocycles. The zero-order valence-corrected chi connectivity index (χ0v) is 13.2. The highest BCUT2D eigenvalue weighted by Crippen LogP contribution is 2.10. The van der Waals surface area contributed by atoms with Gasteiger partial charge < -0.3 is 20.3 Å². The summed E-state index contributed by atoms with van der Waals surface area (Å²) < 4.78 is 5.44. The predicted molar refractivity (Wildman–Crippen MR) is 84.7 cm³/mol. The summed E-state index contributed by atoms with van der Waals surface area (Å²) in [5, 5.41) is 6.00. The standard InChI is InChI=1S/C15H26N4O2/c1-4-7-16-14-13(6-5-8-17-14)15(20)18-9-11-21-12-10-19(2)3/h5-6,8H,4,7,9-12H2,1-3H3,(H,16,17)(H,18,20). The number of aromatic nitrogens is 1. The van der Waals surface area contributed by atoms with Crippen molar-refractivity contribution in [3.63, 3.8) is 0 Å². The first-order valence-electron chi connectivity index (χ1n) is 7.34. The van der Waals surface area contributed by atoms with Gasteiger partial charge in [-0.15, -0.1) is 0 Å². The lowest BCUT2D eigenvalue weighted by Crippen LogP contribution is -2.29. The molecule has 0 spiro atoms. The van der Waals surface area contributed by atoms with Crippen LogP contribution in [0.15, 0.2) is 18.3 Å². The molecule has 0 aliphatic heterocycles. The summed E-state index contributed by atoms with van der Waals surface area (Å²) in [6.45, 7) is 5.42. The van der Waals surface area contributed by atoms with E-state index in [1.54, 1.807) is 18.3 Å². The van der Waals surface area contributed by atoms with Crippen LogP contribution in [-0.4, -0.2) is 62.7 Å². The summed E-state index contributed by atoms with van der Waals surface area (Å²) in [6.07, 6.45) is 2.66. The van der Waals surface area contributed by atoms with Gasteiger partial charge in [0.15, 0.2) is 0 Å². The van der Waals surface area contributed by atoms with E-state index < -0.39 is 0 Å². The number of carbonyl (C=O) groups is 1. The number of hydrogen-bond acceptors (Lipinski definition) is 5. The quantitative estimate of drug-likeness (QED) is 0.635. The highest BCUT2D eigenvalue weighted by Gasteiger charge is 2.10. The molecule has 0 fully saturated rings. The van der Waals surface area contributed by atoms with Crippen molar-refractivity contribution < 1.29 is 9.53 Å². The second-order valence-corrected chi connectivity index (χ2v) is 5.00. The molecule has 21 heavy (non-hydrogen) atoms. The fourth-order valence-electron chi connectivity index (χ4n) is 1.65. The van der Waals surface area contributed by atoms with Crippen LogP contribution in [0.5, 0.6) is 0 Å². The van der Waals surface area contributed by atoms with E-state index in [1.807, 2.05) is 14.1 Å². The second kappa shape index (κ2) is 10.1. The monoisotopic (exact) mass is 294 g/mol. The maximum atomic E-state index is 12.1. The van der Waals surface area contributed by atoms with E-state index in [1.165, 1.54) is 0 Å². The van der Waals surface area contributed by atoms with Gasteiger partial charge in [-0.3, -0.25) is 4.79 Å². The van der Waals surface area contributed by atoms with Crippen LogP contribution >= 0.6 is 0 Å². The van der Waals surface area contributed by atoms with Crippen molar-refractivity contribution in [1.82, 2.24) is 15.2 Å². The third-order valence-electron chi connectivity index (χ3n) is 2.81. The van der Waals surface area contributed by atoms with E-state index in [0.717, 1.165) is 19.5 Å². The average Bonchev–Trinajstić information content (AvgIpc) is 2.48. The largest absolute Gasteiger partial charge is 0.378 e. The number of carbonyl (C=O) groups excluding carboxylic acids is 1. The fraction of sp³-hybridized carbons (Fsp3) is 0.600. The molecule has 6 nitrogen and oxygen atoms in total. The van der Waals surface area contributed by atoms with Gasteiger partial charge in [0.05, 0.1) is 18.8 Å². The Morgan fingerprint density at radius 3 is 2.86 bits per heavy atom. The maximum absolute atomic E-state index is 12.1. The number of ether oxygens (including phenoxy) is 1. The number of nitrogens with zero attached hydrogens (tertiary/aromatic N) is 2. The van der Waals surface area contributed by atoms with Crippen LogP contribution in [0, 0.1) is 0 Å². The lowest BCUT2D eigenvalue weighted by Gasteiger charge is -2.12. The number of likely N-dealkylation sites (N-methyl/N-ethyl adjacent to an activating group) is 1. The predicted octanol–water partition coefficient (Wildman–Crippen LogP) is 1.21. The van der Waals surface area contributed by atoms with Gasteiger partial charge >= 0.3 is 0 Å². The minimum atomic E-state index is -0.127. The first-order valence-corrected chi connectivity index (χ1v) is 7.34. The summed E-state index contributed by atoms with van der Waals surface area (Å²) >= 11 is 0. The highest BCUT2D eigenvalue weighted by molar-refractivity contribution is 5.98. The van der Waals surface area contributed by atoms with E-state index in [0.29, 0.717) is 31.1 Å². The van der Waals surface area contributed by atoms with Crippen molar-refractivity contribution in [2.45, 2.75) is 13.3 Å². The molecule has 0 radical (unpaired) electrons. The molecule has 0 atom stereocenters. The van der Waals surface area contributed by atoms with Gasteiger partial charge in [-0.2, -0.15) is 0 Å². The molecule has 1 rings (SSSR count). The third kappa shape index (κ3) is 7.06. The summed E-state index contributed by atoms with van der Waals surface area (Å²) in [4.78, 5) is 18.4. The Balaban J connectivity index is 2.34. The van der Waals surface area contributed by atoms with Gasteiger partial charge in [-0.05, 0) is 32.6 Å². The molecule has 0 saturated carbocycles. The van der Waals surface area contributed by atoms with Gasteiger partial charge in [-0.1, -0.05) is 6.92 Å². The summed E-state index contributed by atoms with van der Waals surface area (Å²) in [7, 11) is 4.00. The van der Waals surface area contributed by atoms with Crippen molar-refractivity contribution in [2.24, 2.45) is 0 Å². The summed E-state index contributed by atoms with van der Waals surface area (Å²) in [6, 6.07) is 3.53. The Bertz CT molecular complexity index is 424. The Kier molecular flexibility index (Phi) is 8.38. The van der Waals surface area contributed by atoms with Crippen LogP contribution in [-0.2, 0) is 4.74 Å². The van der Waals surface area contributed by atoms with E-state index in [9.17, 15) is 4.79 Å². The van der Waals surface area contributed by atoms with Gasteiger partial charge in [0, 0.05) is 25.8 Å². The van der Waals surface area contributed by atoms with E-state index in [4.69, 9.17) is 4.74 Å². The molecular formula is C15H26N4O2. The Morgan fingerprint density at radius 2 is 2.14 bits per heavy atom. The first-order chi connectivity index (χ1) is 10.1. The van der Waals surface area contributed by atoms with Crippen LogP contribution in [0.1, 0.15) is 23.7 Å². The molecule has 1 heterocycles. The lowest BCUT2D eigenvalue weighted by atomic mass is 10.2. The number of pyridine rings is 1. The van der Waals surface area contributed by atoms with Crippen molar-refractivity contribution in [3.05, 3.63) is 23.9 Å². The molecule has 1 aromatic heterocycles. The van der Waals surface area contributed by atoms with Gasteiger partial charge in [0.25, 0.3) is 5.91 Å². The fourth-order valence-corrected chi connectivity index (χ4v) is 1.65. The zero-order valence-electron chi connectivity index (χ0n) is 13.2. The maximum Gasteiger partial charge on any atom is 0.255 e. The van der Waals surface area contributed by atoms with Gasteiger partial charge in [0.1, 0.15) is 5.82 Å². The summed E-state index contributed by atoms with van der Waals surface area (Å²) in [5.41, 5.74) is 0.569. The highest BCUT2D eigenvalue weighted by atomic mass is 16.5. The number of hydrogen-bond donors (Lipinski definition) is 2. The lowest BCUT2D eigenvalue weighted by molar-refractivity contribution is 0.0900. The van der Waals surface area contributed by atoms with Crippen LogP contribution in [0.25, 0.3) is 0 Å². The molecule has 1 amide bonds. The molecule has 0 bridgehead atoms. The van der Waals surface area contributed by atoms with Gasteiger partial charge in [-0.25, -0.2) is 4.98 Å². The number of nitrogens with one attached hydrogen (secondary N) is 2. The van der Waals surface area contributed by atoms with Crippen molar-refractivity contribution in [1.29, 1.82) is 0 Å². The second-order valence-electron chi connectivity index (χ2n) is 5.00. The molecule has 118 valence electrons. The minimum Gasteiger partial charge on any atom is -0.378 e. The number of rotatable bonds is 10. The van der Waals surface area contributed by atoms with Crippen LogP contribution < -0.4 is 10.6 Å². The molecule has 0 saturated heterocycles. The Labute approximate surface area is 126 Å². The summed E-state index contributed by atoms with van der Waals surface area (Å²) in [5.74, 6) is 0.503. The van der Waals surface area contributed by atoms with Crippen LogP contribution in [0.3, 0.4) is 0 Å². The molecule has 1 aromatic rings. The Morgan fingerprint density at radius 1 is 1.33 bits per heavy atom. The molecule has 0 unspecified atom stereocenters. The van der Waals surface area contributed by atoms with E-state index >= 15 is 0 Å². The van der Waals surface area contributed by atoms with Crippen molar-refractivity contribution in [2.75, 3.05) is 52.3 Å². The molecule has 0 aliphatic carbocycles. The Hall–Kier alpha value is -1.66. The zero-order chi connectivity index (χ0) is 15.5.